The SMILES string of the molecule is Cc1cccc(COc2cccc(OCc3ccc(Cl)cc3)c2)c1C(=O)[O-]. The number of benzene rings is 3. The molecule has 5 heteroatoms. The monoisotopic (exact) mass is 381 g/mol. The van der Waals surface area contributed by atoms with Gasteiger partial charge in [0, 0.05) is 16.7 Å². The molecular weight excluding hydrogens is 364 g/mol. The van der Waals surface area contributed by atoms with E-state index in [2.05, 4.69) is 0 Å². The molecule has 0 aliphatic carbocycles. The summed E-state index contributed by atoms with van der Waals surface area (Å²) in [6.07, 6.45) is 0. The molecule has 0 amide bonds. The van der Waals surface area contributed by atoms with Gasteiger partial charge in [0.1, 0.15) is 24.7 Å². The fraction of sp³-hybridized carbons (Fsp3) is 0.136. The Morgan fingerprint density at radius 2 is 1.56 bits per heavy atom. The molecule has 0 unspecified atom stereocenters. The van der Waals surface area contributed by atoms with Gasteiger partial charge in [-0.1, -0.05) is 48.0 Å². The van der Waals surface area contributed by atoms with Crippen LogP contribution in [0.3, 0.4) is 0 Å². The predicted octanol–water partition coefficient (Wildman–Crippen LogP) is 4.17. The fourth-order valence-corrected chi connectivity index (χ4v) is 2.83. The summed E-state index contributed by atoms with van der Waals surface area (Å²) in [7, 11) is 0. The zero-order chi connectivity index (χ0) is 19.2. The molecule has 0 bridgehead atoms. The van der Waals surface area contributed by atoms with Crippen molar-refractivity contribution in [3.63, 3.8) is 0 Å². The fourth-order valence-electron chi connectivity index (χ4n) is 2.70. The third kappa shape index (κ3) is 5.02. The van der Waals surface area contributed by atoms with Crippen LogP contribution in [0.1, 0.15) is 27.0 Å². The Morgan fingerprint density at radius 3 is 2.22 bits per heavy atom. The summed E-state index contributed by atoms with van der Waals surface area (Å²) in [5.74, 6) is 0.0491. The Balaban J connectivity index is 1.65. The molecule has 0 saturated heterocycles. The number of hydrogen-bond acceptors (Lipinski definition) is 4. The molecule has 27 heavy (non-hydrogen) atoms. The number of rotatable bonds is 7. The van der Waals surface area contributed by atoms with Crippen LogP contribution < -0.4 is 14.6 Å². The van der Waals surface area contributed by atoms with E-state index in [1.807, 2.05) is 36.4 Å². The number of carboxylic acid groups (broad SMARTS) is 1. The molecule has 0 aliphatic rings. The smallest absolute Gasteiger partial charge is 0.123 e. The minimum Gasteiger partial charge on any atom is -0.545 e. The number of carbonyl (C=O) groups excluding carboxylic acids is 1. The first-order valence-corrected chi connectivity index (χ1v) is 8.80. The van der Waals surface area contributed by atoms with Gasteiger partial charge in [0.15, 0.2) is 0 Å². The van der Waals surface area contributed by atoms with Crippen molar-refractivity contribution in [1.82, 2.24) is 0 Å². The second kappa shape index (κ2) is 8.60. The second-order valence-electron chi connectivity index (χ2n) is 6.08. The van der Waals surface area contributed by atoms with Crippen LogP contribution in [0.4, 0.5) is 0 Å². The van der Waals surface area contributed by atoms with Crippen molar-refractivity contribution in [2.75, 3.05) is 0 Å². The van der Waals surface area contributed by atoms with Crippen LogP contribution in [-0.4, -0.2) is 5.97 Å². The second-order valence-corrected chi connectivity index (χ2v) is 6.51. The molecule has 0 aromatic heterocycles. The van der Waals surface area contributed by atoms with E-state index in [-0.39, 0.29) is 12.2 Å². The molecule has 0 saturated carbocycles. The summed E-state index contributed by atoms with van der Waals surface area (Å²) in [4.78, 5) is 11.4. The van der Waals surface area contributed by atoms with Crippen LogP contribution >= 0.6 is 11.6 Å². The first-order valence-electron chi connectivity index (χ1n) is 8.43. The highest BCUT2D eigenvalue weighted by Crippen LogP contribution is 2.23. The summed E-state index contributed by atoms with van der Waals surface area (Å²) in [6.45, 7) is 2.28. The van der Waals surface area contributed by atoms with Crippen molar-refractivity contribution in [3.8, 4) is 11.5 Å². The Morgan fingerprint density at radius 1 is 0.926 bits per heavy atom. The maximum absolute atomic E-state index is 11.4. The van der Waals surface area contributed by atoms with Crippen molar-refractivity contribution < 1.29 is 19.4 Å². The Bertz CT molecular complexity index is 935. The number of carboxylic acids is 1. The summed E-state index contributed by atoms with van der Waals surface area (Å²) >= 11 is 5.88. The molecule has 0 aliphatic heterocycles. The summed E-state index contributed by atoms with van der Waals surface area (Å²) in [5, 5.41) is 12.0. The molecule has 138 valence electrons. The average Bonchev–Trinajstić information content (AvgIpc) is 2.66. The van der Waals surface area contributed by atoms with Crippen LogP contribution in [0, 0.1) is 6.92 Å². The van der Waals surface area contributed by atoms with E-state index in [9.17, 15) is 9.90 Å². The molecule has 0 N–H and O–H groups in total. The molecule has 0 heterocycles. The molecule has 0 spiro atoms. The zero-order valence-electron chi connectivity index (χ0n) is 14.8. The van der Waals surface area contributed by atoms with Crippen LogP contribution in [0.25, 0.3) is 0 Å². The molecule has 4 nitrogen and oxygen atoms in total. The third-order valence-electron chi connectivity index (χ3n) is 4.08. The topological polar surface area (TPSA) is 58.6 Å². The molecule has 0 radical (unpaired) electrons. The number of aryl methyl sites for hydroxylation is 1. The van der Waals surface area contributed by atoms with Gasteiger partial charge in [-0.05, 0) is 47.9 Å². The maximum atomic E-state index is 11.4. The van der Waals surface area contributed by atoms with E-state index < -0.39 is 5.97 Å². The molecule has 3 aromatic rings. The van der Waals surface area contributed by atoms with Crippen LogP contribution in [0.15, 0.2) is 66.7 Å². The number of aromatic carboxylic acids is 1. The van der Waals surface area contributed by atoms with Gasteiger partial charge in [-0.2, -0.15) is 0 Å². The van der Waals surface area contributed by atoms with Gasteiger partial charge in [0.05, 0.1) is 5.97 Å². The number of halogens is 1. The first-order chi connectivity index (χ1) is 13.0. The average molecular weight is 382 g/mol. The van der Waals surface area contributed by atoms with Crippen molar-refractivity contribution >= 4 is 17.6 Å². The molecular formula is C22H18ClO4-. The summed E-state index contributed by atoms with van der Waals surface area (Å²) < 4.78 is 11.5. The summed E-state index contributed by atoms with van der Waals surface area (Å²) in [5.41, 5.74) is 2.40. The lowest BCUT2D eigenvalue weighted by molar-refractivity contribution is -0.255. The lowest BCUT2D eigenvalue weighted by Gasteiger charge is -2.15. The lowest BCUT2D eigenvalue weighted by Crippen LogP contribution is -2.25. The highest BCUT2D eigenvalue weighted by atomic mass is 35.5. The molecule has 3 rings (SSSR count). The first kappa shape index (κ1) is 18.8. The van der Waals surface area contributed by atoms with E-state index in [0.717, 1.165) is 5.56 Å². The van der Waals surface area contributed by atoms with Gasteiger partial charge < -0.3 is 19.4 Å². The van der Waals surface area contributed by atoms with E-state index in [0.29, 0.717) is 34.3 Å². The van der Waals surface area contributed by atoms with E-state index in [1.54, 1.807) is 37.3 Å². The van der Waals surface area contributed by atoms with E-state index in [1.165, 1.54) is 0 Å². The van der Waals surface area contributed by atoms with Crippen LogP contribution in [0.2, 0.25) is 5.02 Å². The maximum Gasteiger partial charge on any atom is 0.123 e. The quantitative estimate of drug-likeness (QED) is 0.616. The standard InChI is InChI=1S/C22H19ClO4/c1-15-4-2-5-17(21(15)22(24)25)14-27-20-7-3-6-19(12-20)26-13-16-8-10-18(23)11-9-16/h2-12H,13-14H2,1H3,(H,24,25)/p-1. The van der Waals surface area contributed by atoms with Crippen molar-refractivity contribution in [3.05, 3.63) is 94.0 Å². The number of carbonyl (C=O) groups is 1. The van der Waals surface area contributed by atoms with Gasteiger partial charge in [-0.3, -0.25) is 0 Å². The van der Waals surface area contributed by atoms with Gasteiger partial charge in [-0.25, -0.2) is 0 Å². The Labute approximate surface area is 162 Å². The highest BCUT2D eigenvalue weighted by Gasteiger charge is 2.08. The van der Waals surface area contributed by atoms with Crippen LogP contribution in [0.5, 0.6) is 11.5 Å². The van der Waals surface area contributed by atoms with Gasteiger partial charge in [-0.15, -0.1) is 0 Å². The largest absolute Gasteiger partial charge is 0.545 e. The normalized spacial score (nSPS) is 10.4. The van der Waals surface area contributed by atoms with Crippen molar-refractivity contribution in [1.29, 1.82) is 0 Å². The van der Waals surface area contributed by atoms with Gasteiger partial charge in [0.2, 0.25) is 0 Å². The van der Waals surface area contributed by atoms with Crippen LogP contribution in [-0.2, 0) is 13.2 Å². The zero-order valence-corrected chi connectivity index (χ0v) is 15.5. The Kier molecular flexibility index (Phi) is 5.99. The number of hydrogen-bond donors (Lipinski definition) is 0. The number of ether oxygens (including phenoxy) is 2. The van der Waals surface area contributed by atoms with Crippen molar-refractivity contribution in [2.45, 2.75) is 20.1 Å². The minimum absolute atomic E-state index is 0.131. The van der Waals surface area contributed by atoms with Gasteiger partial charge >= 0.3 is 0 Å². The molecule has 3 aromatic carbocycles. The highest BCUT2D eigenvalue weighted by molar-refractivity contribution is 6.30. The molecule has 0 fully saturated rings. The minimum atomic E-state index is -1.20. The van der Waals surface area contributed by atoms with E-state index >= 15 is 0 Å². The van der Waals surface area contributed by atoms with Gasteiger partial charge in [0.25, 0.3) is 0 Å². The Hall–Kier alpha value is -2.98. The predicted molar refractivity (Wildman–Crippen MR) is 102 cm³/mol. The third-order valence-corrected chi connectivity index (χ3v) is 4.33. The lowest BCUT2D eigenvalue weighted by atomic mass is 10.0. The van der Waals surface area contributed by atoms with E-state index in [4.69, 9.17) is 21.1 Å². The summed E-state index contributed by atoms with van der Waals surface area (Å²) in [6, 6.07) is 19.9. The molecule has 0 atom stereocenters. The van der Waals surface area contributed by atoms with Crippen molar-refractivity contribution in [2.24, 2.45) is 0 Å².